The molecule has 176 valence electrons. The first-order valence-electron chi connectivity index (χ1n) is 10.7. The summed E-state index contributed by atoms with van der Waals surface area (Å²) >= 11 is 0. The largest absolute Gasteiger partial charge is 0.465 e. The summed E-state index contributed by atoms with van der Waals surface area (Å²) in [6.45, 7) is 0. The van der Waals surface area contributed by atoms with Gasteiger partial charge in [-0.05, 0) is 42.0 Å². The summed E-state index contributed by atoms with van der Waals surface area (Å²) in [4.78, 5) is 56.3. The van der Waals surface area contributed by atoms with E-state index in [1.807, 2.05) is 18.2 Å². The molecule has 0 N–H and O–H groups in total. The monoisotopic (exact) mass is 473 g/mol. The van der Waals surface area contributed by atoms with E-state index in [1.54, 1.807) is 41.5 Å². The second-order valence-corrected chi connectivity index (χ2v) is 8.06. The minimum absolute atomic E-state index is 0.150. The number of carbonyl (C=O) groups is 3. The van der Waals surface area contributed by atoms with Crippen molar-refractivity contribution in [2.75, 3.05) is 17.1 Å². The van der Waals surface area contributed by atoms with E-state index in [4.69, 9.17) is 9.57 Å². The molecule has 0 spiro atoms. The topological polar surface area (TPSA) is 119 Å². The number of hydroxylamine groups is 1. The molecule has 0 unspecified atom stereocenters. The van der Waals surface area contributed by atoms with E-state index >= 15 is 0 Å². The number of carbonyl (C=O) groups excluding carboxylic acids is 3. The lowest BCUT2D eigenvalue weighted by atomic mass is 9.90. The third kappa shape index (κ3) is 3.69. The van der Waals surface area contributed by atoms with Crippen LogP contribution in [0.15, 0.2) is 78.9 Å². The van der Waals surface area contributed by atoms with Crippen LogP contribution in [-0.4, -0.2) is 35.9 Å². The second-order valence-electron chi connectivity index (χ2n) is 8.06. The molecule has 0 radical (unpaired) electrons. The average Bonchev–Trinajstić information content (AvgIpc) is 3.40. The highest BCUT2D eigenvalue weighted by atomic mass is 16.7. The third-order valence-corrected chi connectivity index (χ3v) is 6.12. The number of nitro benzene ring substituents is 1. The van der Waals surface area contributed by atoms with Gasteiger partial charge in [0.25, 0.3) is 11.6 Å². The van der Waals surface area contributed by atoms with Crippen LogP contribution < -0.4 is 9.96 Å². The molecule has 2 heterocycles. The van der Waals surface area contributed by atoms with Crippen LogP contribution in [0.3, 0.4) is 0 Å². The van der Waals surface area contributed by atoms with Gasteiger partial charge in [-0.15, -0.1) is 0 Å². The quantitative estimate of drug-likeness (QED) is 0.239. The van der Waals surface area contributed by atoms with Crippen LogP contribution in [-0.2, 0) is 19.2 Å². The van der Waals surface area contributed by atoms with E-state index in [0.717, 1.165) is 4.90 Å². The van der Waals surface area contributed by atoms with Crippen molar-refractivity contribution in [1.29, 1.82) is 0 Å². The molecule has 0 saturated carbocycles. The van der Waals surface area contributed by atoms with Gasteiger partial charge in [-0.3, -0.25) is 24.5 Å². The van der Waals surface area contributed by atoms with Crippen molar-refractivity contribution < 1.29 is 28.9 Å². The van der Waals surface area contributed by atoms with Crippen molar-refractivity contribution in [3.8, 4) is 0 Å². The highest BCUT2D eigenvalue weighted by Crippen LogP contribution is 2.47. The highest BCUT2D eigenvalue weighted by molar-refractivity contribution is 6.24. The summed E-state index contributed by atoms with van der Waals surface area (Å²) in [5.74, 6) is -2.40. The number of hydrogen-bond acceptors (Lipinski definition) is 8. The van der Waals surface area contributed by atoms with Crippen molar-refractivity contribution in [2.45, 2.75) is 12.1 Å². The van der Waals surface area contributed by atoms with Gasteiger partial charge < -0.3 is 4.74 Å². The van der Waals surface area contributed by atoms with E-state index in [2.05, 4.69) is 0 Å². The van der Waals surface area contributed by atoms with Crippen LogP contribution in [0.2, 0.25) is 0 Å². The summed E-state index contributed by atoms with van der Waals surface area (Å²) in [5.41, 5.74) is 1.75. The number of amides is 2. The van der Waals surface area contributed by atoms with Crippen LogP contribution in [0.5, 0.6) is 0 Å². The molecule has 0 aliphatic carbocycles. The molecule has 3 aromatic rings. The maximum absolute atomic E-state index is 13.6. The Kier molecular flexibility index (Phi) is 5.50. The van der Waals surface area contributed by atoms with Crippen LogP contribution in [0.25, 0.3) is 0 Å². The molecule has 2 fully saturated rings. The first-order valence-corrected chi connectivity index (χ1v) is 10.7. The molecule has 2 aliphatic rings. The molecule has 0 bridgehead atoms. The van der Waals surface area contributed by atoms with Gasteiger partial charge in [0.05, 0.1) is 35.0 Å². The highest BCUT2D eigenvalue weighted by Gasteiger charge is 2.60. The number of fused-ring (bicyclic) bond motifs is 1. The van der Waals surface area contributed by atoms with Gasteiger partial charge in [0.1, 0.15) is 5.92 Å². The summed E-state index contributed by atoms with van der Waals surface area (Å²) in [6, 6.07) is 20.2. The van der Waals surface area contributed by atoms with Crippen molar-refractivity contribution in [2.24, 2.45) is 5.92 Å². The first kappa shape index (κ1) is 22.2. The SMILES string of the molecule is COC(=O)c1ccc([C@@H]2[C@@H]3C(=O)N(c4ccc([N+](=O)[O-])cc4)C(=O)[C@@H]3ON2c2ccccc2)cc1. The van der Waals surface area contributed by atoms with Gasteiger partial charge in [0, 0.05) is 12.1 Å². The van der Waals surface area contributed by atoms with E-state index in [-0.39, 0.29) is 11.4 Å². The zero-order valence-electron chi connectivity index (χ0n) is 18.4. The normalized spacial score (nSPS) is 21.2. The van der Waals surface area contributed by atoms with Gasteiger partial charge in [0.15, 0.2) is 6.10 Å². The number of nitro groups is 1. The maximum Gasteiger partial charge on any atom is 0.337 e. The molecule has 10 heteroatoms. The zero-order chi connectivity index (χ0) is 24.7. The third-order valence-electron chi connectivity index (χ3n) is 6.12. The molecular formula is C25H19N3O7. The van der Waals surface area contributed by atoms with E-state index in [0.29, 0.717) is 16.8 Å². The van der Waals surface area contributed by atoms with Gasteiger partial charge >= 0.3 is 5.97 Å². The predicted molar refractivity (Wildman–Crippen MR) is 123 cm³/mol. The Hall–Kier alpha value is -4.57. The second kappa shape index (κ2) is 8.65. The van der Waals surface area contributed by atoms with Crippen molar-refractivity contribution in [1.82, 2.24) is 0 Å². The number of nitrogens with zero attached hydrogens (tertiary/aromatic N) is 3. The number of ether oxygens (including phenoxy) is 1. The van der Waals surface area contributed by atoms with Gasteiger partial charge in [0.2, 0.25) is 5.91 Å². The number of imide groups is 1. The minimum atomic E-state index is -1.08. The first-order chi connectivity index (χ1) is 16.9. The average molecular weight is 473 g/mol. The summed E-state index contributed by atoms with van der Waals surface area (Å²) < 4.78 is 4.76. The Bertz CT molecular complexity index is 1310. The maximum atomic E-state index is 13.6. The van der Waals surface area contributed by atoms with Gasteiger partial charge in [-0.2, -0.15) is 0 Å². The summed E-state index contributed by atoms with van der Waals surface area (Å²) in [5, 5.41) is 12.5. The van der Waals surface area contributed by atoms with Crippen LogP contribution in [0.4, 0.5) is 17.1 Å². The molecular weight excluding hydrogens is 454 g/mol. The Morgan fingerprint density at radius 2 is 1.57 bits per heavy atom. The standard InChI is InChI=1S/C25H19N3O7/c1-34-25(31)16-9-7-15(8-10-16)21-20-22(35-27(21)18-5-3-2-4-6-18)24(30)26(23(20)29)17-11-13-19(14-12-17)28(32)33/h2-14,20-22H,1H3/t20-,21+,22+/m0/s1. The molecule has 3 aromatic carbocycles. The van der Waals surface area contributed by atoms with Crippen molar-refractivity contribution in [3.05, 3.63) is 100 Å². The van der Waals surface area contributed by atoms with E-state index in [1.165, 1.54) is 31.4 Å². The lowest BCUT2D eigenvalue weighted by Gasteiger charge is -2.28. The number of hydrogen-bond donors (Lipinski definition) is 0. The lowest BCUT2D eigenvalue weighted by molar-refractivity contribution is -0.384. The summed E-state index contributed by atoms with van der Waals surface area (Å²) in [6.07, 6.45) is -1.08. The summed E-state index contributed by atoms with van der Waals surface area (Å²) in [7, 11) is 1.29. The number of anilines is 2. The fraction of sp³-hybridized carbons (Fsp3) is 0.160. The Morgan fingerprint density at radius 1 is 0.914 bits per heavy atom. The number of para-hydroxylation sites is 1. The number of benzene rings is 3. The van der Waals surface area contributed by atoms with Crippen molar-refractivity contribution in [3.63, 3.8) is 0 Å². The Morgan fingerprint density at radius 3 is 2.17 bits per heavy atom. The lowest BCUT2D eigenvalue weighted by Crippen LogP contribution is -2.37. The number of non-ortho nitro benzene ring substituents is 1. The minimum Gasteiger partial charge on any atom is -0.465 e. The van der Waals surface area contributed by atoms with Gasteiger partial charge in [-0.25, -0.2) is 14.8 Å². The fourth-order valence-corrected chi connectivity index (χ4v) is 4.46. The van der Waals surface area contributed by atoms with E-state index in [9.17, 15) is 24.5 Å². The molecule has 0 aromatic heterocycles. The molecule has 2 saturated heterocycles. The molecule has 5 rings (SSSR count). The zero-order valence-corrected chi connectivity index (χ0v) is 18.4. The molecule has 35 heavy (non-hydrogen) atoms. The van der Waals surface area contributed by atoms with Crippen LogP contribution in [0.1, 0.15) is 22.0 Å². The molecule has 2 amide bonds. The van der Waals surface area contributed by atoms with Crippen LogP contribution in [0, 0.1) is 16.0 Å². The number of methoxy groups -OCH3 is 1. The Balaban J connectivity index is 1.54. The number of esters is 1. The molecule has 10 nitrogen and oxygen atoms in total. The fourth-order valence-electron chi connectivity index (χ4n) is 4.46. The van der Waals surface area contributed by atoms with Gasteiger partial charge in [-0.1, -0.05) is 30.3 Å². The predicted octanol–water partition coefficient (Wildman–Crippen LogP) is 3.43. The van der Waals surface area contributed by atoms with E-state index < -0.39 is 40.8 Å². The van der Waals surface area contributed by atoms with Crippen LogP contribution >= 0.6 is 0 Å². The number of rotatable bonds is 5. The van der Waals surface area contributed by atoms with Crippen molar-refractivity contribution >= 4 is 34.8 Å². The smallest absolute Gasteiger partial charge is 0.337 e. The Labute approximate surface area is 199 Å². The molecule has 3 atom stereocenters. The molecule has 2 aliphatic heterocycles.